The molecular weight excluding hydrogens is 232 g/mol. The first-order valence-electron chi connectivity index (χ1n) is 6.91. The summed E-state index contributed by atoms with van der Waals surface area (Å²) >= 11 is 0. The van der Waals surface area contributed by atoms with E-state index >= 15 is 0 Å². The summed E-state index contributed by atoms with van der Waals surface area (Å²) in [5, 5.41) is 17.9. The van der Waals surface area contributed by atoms with Crippen LogP contribution in [0.2, 0.25) is 0 Å². The van der Waals surface area contributed by atoms with E-state index in [-0.39, 0.29) is 25.1 Å². The molecule has 1 rings (SSSR count). The molecule has 0 saturated heterocycles. The molecule has 0 aromatic heterocycles. The van der Waals surface area contributed by atoms with Crippen molar-refractivity contribution in [2.45, 2.75) is 46.1 Å². The quantitative estimate of drug-likeness (QED) is 0.735. The lowest BCUT2D eigenvalue weighted by molar-refractivity contribution is -0.157. The van der Waals surface area contributed by atoms with Gasteiger partial charge in [-0.25, -0.2) is 0 Å². The van der Waals surface area contributed by atoms with E-state index in [1.807, 2.05) is 0 Å². The number of rotatable bonds is 5. The van der Waals surface area contributed by atoms with Gasteiger partial charge in [0, 0.05) is 0 Å². The predicted octanol–water partition coefficient (Wildman–Crippen LogP) is 1.59. The molecule has 1 aliphatic rings. The van der Waals surface area contributed by atoms with Crippen LogP contribution in [0.1, 0.15) is 40.0 Å². The second-order valence-electron chi connectivity index (χ2n) is 5.90. The molecule has 0 radical (unpaired) electrons. The summed E-state index contributed by atoms with van der Waals surface area (Å²) < 4.78 is 5.11. The Bertz CT molecular complexity index is 265. The molecule has 0 amide bonds. The number of aliphatic hydroxyl groups excluding tert-OH is 2. The second kappa shape index (κ2) is 7.10. The van der Waals surface area contributed by atoms with Gasteiger partial charge in [-0.2, -0.15) is 0 Å². The van der Waals surface area contributed by atoms with Crippen molar-refractivity contribution in [3.8, 4) is 0 Å². The fourth-order valence-corrected chi connectivity index (χ4v) is 2.81. The van der Waals surface area contributed by atoms with E-state index in [1.165, 1.54) is 6.42 Å². The number of carbonyl (C=O) groups excluding carboxylic acids is 1. The lowest BCUT2D eigenvalue weighted by Gasteiger charge is -2.35. The Balaban J connectivity index is 2.55. The molecule has 0 bridgehead atoms. The van der Waals surface area contributed by atoms with Gasteiger partial charge in [0.2, 0.25) is 0 Å². The Hall–Kier alpha value is -0.610. The van der Waals surface area contributed by atoms with E-state index < -0.39 is 6.10 Å². The SMILES string of the molecule is CC(C)[C@@H]1CC[C@@H](C)C[C@H]1C(=O)OCC(O)CO. The van der Waals surface area contributed by atoms with Gasteiger partial charge in [-0.05, 0) is 30.6 Å². The molecule has 18 heavy (non-hydrogen) atoms. The van der Waals surface area contributed by atoms with Crippen LogP contribution in [0.4, 0.5) is 0 Å². The zero-order chi connectivity index (χ0) is 13.7. The van der Waals surface area contributed by atoms with Crippen molar-refractivity contribution in [2.24, 2.45) is 23.7 Å². The van der Waals surface area contributed by atoms with E-state index in [0.717, 1.165) is 12.8 Å². The lowest BCUT2D eigenvalue weighted by Crippen LogP contribution is -2.35. The van der Waals surface area contributed by atoms with Gasteiger partial charge < -0.3 is 14.9 Å². The van der Waals surface area contributed by atoms with E-state index in [2.05, 4.69) is 20.8 Å². The lowest BCUT2D eigenvalue weighted by atomic mass is 9.70. The van der Waals surface area contributed by atoms with Crippen LogP contribution in [0.5, 0.6) is 0 Å². The first-order chi connectivity index (χ1) is 8.45. The molecular formula is C14H26O4. The highest BCUT2D eigenvalue weighted by atomic mass is 16.5. The molecule has 4 atom stereocenters. The van der Waals surface area contributed by atoms with Crippen molar-refractivity contribution in [2.75, 3.05) is 13.2 Å². The van der Waals surface area contributed by atoms with Crippen molar-refractivity contribution >= 4 is 5.97 Å². The van der Waals surface area contributed by atoms with Gasteiger partial charge in [-0.1, -0.05) is 27.2 Å². The van der Waals surface area contributed by atoms with Crippen molar-refractivity contribution in [3.05, 3.63) is 0 Å². The Morgan fingerprint density at radius 3 is 2.61 bits per heavy atom. The van der Waals surface area contributed by atoms with Crippen LogP contribution in [0.25, 0.3) is 0 Å². The normalized spacial score (nSPS) is 30.2. The summed E-state index contributed by atoms with van der Waals surface area (Å²) in [7, 11) is 0. The molecule has 0 spiro atoms. The summed E-state index contributed by atoms with van der Waals surface area (Å²) in [6.45, 7) is 5.97. The van der Waals surface area contributed by atoms with Crippen LogP contribution in [0.3, 0.4) is 0 Å². The van der Waals surface area contributed by atoms with Gasteiger partial charge in [-0.15, -0.1) is 0 Å². The number of hydrogen-bond acceptors (Lipinski definition) is 4. The first-order valence-corrected chi connectivity index (χ1v) is 6.91. The summed E-state index contributed by atoms with van der Waals surface area (Å²) in [5.74, 6) is 1.13. The summed E-state index contributed by atoms with van der Waals surface area (Å²) in [6, 6.07) is 0. The third kappa shape index (κ3) is 4.25. The Morgan fingerprint density at radius 1 is 1.39 bits per heavy atom. The molecule has 1 aliphatic carbocycles. The number of ether oxygens (including phenoxy) is 1. The van der Waals surface area contributed by atoms with E-state index in [4.69, 9.17) is 9.84 Å². The monoisotopic (exact) mass is 258 g/mol. The summed E-state index contributed by atoms with van der Waals surface area (Å²) in [4.78, 5) is 12.1. The molecule has 106 valence electrons. The van der Waals surface area contributed by atoms with Crippen LogP contribution >= 0.6 is 0 Å². The van der Waals surface area contributed by atoms with Crippen molar-refractivity contribution in [3.63, 3.8) is 0 Å². The van der Waals surface area contributed by atoms with Gasteiger partial charge in [0.15, 0.2) is 0 Å². The zero-order valence-corrected chi connectivity index (χ0v) is 11.6. The largest absolute Gasteiger partial charge is 0.463 e. The highest BCUT2D eigenvalue weighted by molar-refractivity contribution is 5.73. The molecule has 0 aromatic rings. The Kier molecular flexibility index (Phi) is 6.09. The minimum atomic E-state index is -0.965. The number of aliphatic hydroxyl groups is 2. The van der Waals surface area contributed by atoms with Crippen LogP contribution in [-0.2, 0) is 9.53 Å². The highest BCUT2D eigenvalue weighted by Crippen LogP contribution is 2.38. The van der Waals surface area contributed by atoms with Crippen molar-refractivity contribution < 1.29 is 19.7 Å². The third-order valence-corrected chi connectivity index (χ3v) is 3.95. The van der Waals surface area contributed by atoms with Gasteiger partial charge in [0.1, 0.15) is 12.7 Å². The Labute approximate surface area is 109 Å². The molecule has 4 nitrogen and oxygen atoms in total. The minimum absolute atomic E-state index is 0.0559. The maximum Gasteiger partial charge on any atom is 0.309 e. The summed E-state index contributed by atoms with van der Waals surface area (Å²) in [6.07, 6.45) is 2.15. The van der Waals surface area contributed by atoms with Crippen molar-refractivity contribution in [1.29, 1.82) is 0 Å². The fraction of sp³-hybridized carbons (Fsp3) is 0.929. The predicted molar refractivity (Wildman–Crippen MR) is 68.9 cm³/mol. The highest BCUT2D eigenvalue weighted by Gasteiger charge is 2.36. The number of esters is 1. The first kappa shape index (κ1) is 15.4. The molecule has 0 aliphatic heterocycles. The van der Waals surface area contributed by atoms with Gasteiger partial charge in [0.05, 0.1) is 12.5 Å². The van der Waals surface area contributed by atoms with Crippen LogP contribution < -0.4 is 0 Å². The third-order valence-electron chi connectivity index (χ3n) is 3.95. The standard InChI is InChI=1S/C14H26O4/c1-9(2)12-5-4-10(3)6-13(12)14(17)18-8-11(16)7-15/h9-13,15-16H,4-8H2,1-3H3/t10-,11?,12+,13-/m1/s1. The topological polar surface area (TPSA) is 66.8 Å². The molecule has 0 heterocycles. The maximum atomic E-state index is 12.1. The molecule has 4 heteroatoms. The molecule has 1 saturated carbocycles. The number of hydrogen-bond donors (Lipinski definition) is 2. The maximum absolute atomic E-state index is 12.1. The molecule has 1 fully saturated rings. The Morgan fingerprint density at radius 2 is 2.06 bits per heavy atom. The van der Waals surface area contributed by atoms with Gasteiger partial charge in [-0.3, -0.25) is 4.79 Å². The molecule has 0 aromatic carbocycles. The minimum Gasteiger partial charge on any atom is -0.463 e. The van der Waals surface area contributed by atoms with Gasteiger partial charge in [0.25, 0.3) is 0 Å². The van der Waals surface area contributed by atoms with E-state index in [0.29, 0.717) is 17.8 Å². The van der Waals surface area contributed by atoms with E-state index in [9.17, 15) is 9.90 Å². The van der Waals surface area contributed by atoms with E-state index in [1.54, 1.807) is 0 Å². The zero-order valence-electron chi connectivity index (χ0n) is 11.6. The smallest absolute Gasteiger partial charge is 0.309 e. The van der Waals surface area contributed by atoms with Crippen LogP contribution in [0, 0.1) is 23.7 Å². The van der Waals surface area contributed by atoms with Crippen LogP contribution in [-0.4, -0.2) is 35.5 Å². The molecule has 1 unspecified atom stereocenters. The van der Waals surface area contributed by atoms with Crippen LogP contribution in [0.15, 0.2) is 0 Å². The fourth-order valence-electron chi connectivity index (χ4n) is 2.81. The summed E-state index contributed by atoms with van der Waals surface area (Å²) in [5.41, 5.74) is 0. The average Bonchev–Trinajstić information content (AvgIpc) is 2.34. The average molecular weight is 258 g/mol. The molecule has 2 N–H and O–H groups in total. The second-order valence-corrected chi connectivity index (χ2v) is 5.90. The van der Waals surface area contributed by atoms with Gasteiger partial charge >= 0.3 is 5.97 Å². The number of carbonyl (C=O) groups is 1. The van der Waals surface area contributed by atoms with Crippen molar-refractivity contribution in [1.82, 2.24) is 0 Å².